The molecule has 94 valence electrons. The molecule has 0 aromatic carbocycles. The maximum atomic E-state index is 11.4. The van der Waals surface area contributed by atoms with Crippen LogP contribution in [0.1, 0.15) is 0 Å². The molecule has 8 heteroatoms. The Bertz CT molecular complexity index is 498. The van der Waals surface area contributed by atoms with E-state index in [9.17, 15) is 4.79 Å². The molecule has 0 unspecified atom stereocenters. The van der Waals surface area contributed by atoms with Crippen LogP contribution in [0.25, 0.3) is 5.82 Å². The summed E-state index contributed by atoms with van der Waals surface area (Å²) in [5, 5.41) is 12.6. The van der Waals surface area contributed by atoms with Gasteiger partial charge in [-0.15, -0.1) is 21.8 Å². The molecule has 0 radical (unpaired) electrons. The van der Waals surface area contributed by atoms with Gasteiger partial charge in [0.1, 0.15) is 18.5 Å². The summed E-state index contributed by atoms with van der Waals surface area (Å²) in [6.07, 6.45) is 4.64. The second kappa shape index (κ2) is 5.97. The summed E-state index contributed by atoms with van der Waals surface area (Å²) in [6.45, 7) is 0.416. The van der Waals surface area contributed by atoms with Gasteiger partial charge in [0.2, 0.25) is 0 Å². The van der Waals surface area contributed by atoms with Crippen molar-refractivity contribution in [1.29, 1.82) is 0 Å². The smallest absolute Gasteiger partial charge is 0.319 e. The predicted molar refractivity (Wildman–Crippen MR) is 66.9 cm³/mol. The van der Waals surface area contributed by atoms with Gasteiger partial charge in [-0.05, 0) is 12.1 Å². The van der Waals surface area contributed by atoms with Gasteiger partial charge in [-0.1, -0.05) is 0 Å². The van der Waals surface area contributed by atoms with Crippen molar-refractivity contribution < 1.29 is 4.79 Å². The number of alkyl halides is 1. The fraction of sp³-hybridized carbons (Fsp3) is 0.200. The number of pyridine rings is 1. The molecule has 0 spiro atoms. The second-order valence-corrected chi connectivity index (χ2v) is 3.72. The number of anilines is 1. The molecule has 0 bridgehead atoms. The van der Waals surface area contributed by atoms with E-state index in [4.69, 9.17) is 11.6 Å². The minimum Gasteiger partial charge on any atom is -0.337 e. The van der Waals surface area contributed by atoms with Gasteiger partial charge >= 0.3 is 6.03 Å². The molecule has 18 heavy (non-hydrogen) atoms. The van der Waals surface area contributed by atoms with Crippen LogP contribution in [0.15, 0.2) is 31.0 Å². The molecule has 0 aliphatic heterocycles. The molecule has 2 rings (SSSR count). The summed E-state index contributed by atoms with van der Waals surface area (Å²) in [6, 6.07) is 3.18. The maximum Gasteiger partial charge on any atom is 0.319 e. The number of hydrogen-bond acceptors (Lipinski definition) is 4. The van der Waals surface area contributed by atoms with Gasteiger partial charge in [0.25, 0.3) is 0 Å². The number of carbonyl (C=O) groups excluding carboxylic acids is 1. The molecular weight excluding hydrogens is 256 g/mol. The Balaban J connectivity index is 1.98. The monoisotopic (exact) mass is 266 g/mol. The van der Waals surface area contributed by atoms with Crippen molar-refractivity contribution in [2.45, 2.75) is 0 Å². The third-order valence-corrected chi connectivity index (χ3v) is 2.26. The van der Waals surface area contributed by atoms with E-state index in [1.54, 1.807) is 35.6 Å². The lowest BCUT2D eigenvalue weighted by Gasteiger charge is -2.06. The van der Waals surface area contributed by atoms with Crippen molar-refractivity contribution in [3.05, 3.63) is 31.0 Å². The number of amides is 2. The van der Waals surface area contributed by atoms with Crippen molar-refractivity contribution in [1.82, 2.24) is 25.1 Å². The van der Waals surface area contributed by atoms with Crippen molar-refractivity contribution >= 4 is 23.3 Å². The van der Waals surface area contributed by atoms with E-state index in [0.29, 0.717) is 23.9 Å². The first-order valence-electron chi connectivity index (χ1n) is 5.21. The van der Waals surface area contributed by atoms with Crippen LogP contribution in [-0.4, -0.2) is 38.2 Å². The highest BCUT2D eigenvalue weighted by atomic mass is 35.5. The second-order valence-electron chi connectivity index (χ2n) is 3.34. The Morgan fingerprint density at radius 3 is 2.72 bits per heavy atom. The fourth-order valence-electron chi connectivity index (χ4n) is 1.27. The molecule has 2 aromatic heterocycles. The molecule has 7 nitrogen and oxygen atoms in total. The zero-order chi connectivity index (χ0) is 12.8. The molecule has 0 aliphatic carbocycles. The van der Waals surface area contributed by atoms with E-state index < -0.39 is 0 Å². The Kier molecular flexibility index (Phi) is 4.08. The zero-order valence-corrected chi connectivity index (χ0v) is 10.1. The van der Waals surface area contributed by atoms with E-state index in [-0.39, 0.29) is 6.03 Å². The third kappa shape index (κ3) is 3.17. The largest absolute Gasteiger partial charge is 0.337 e. The topological polar surface area (TPSA) is 84.7 Å². The van der Waals surface area contributed by atoms with Crippen LogP contribution in [0.3, 0.4) is 0 Å². The van der Waals surface area contributed by atoms with Gasteiger partial charge in [-0.25, -0.2) is 9.78 Å². The highest BCUT2D eigenvalue weighted by Crippen LogP contribution is 2.08. The van der Waals surface area contributed by atoms with Crippen LogP contribution in [0.4, 0.5) is 10.5 Å². The SMILES string of the molecule is O=C(NCCCl)Nc1ccc(-n2cnnc2)nc1. The van der Waals surface area contributed by atoms with Crippen LogP contribution in [0.2, 0.25) is 0 Å². The Morgan fingerprint density at radius 1 is 1.33 bits per heavy atom. The average molecular weight is 267 g/mol. The Hall–Kier alpha value is -2.15. The number of nitrogens with zero attached hydrogens (tertiary/aromatic N) is 4. The molecule has 2 amide bonds. The summed E-state index contributed by atoms with van der Waals surface area (Å²) in [5.74, 6) is 1.05. The number of urea groups is 1. The van der Waals surface area contributed by atoms with E-state index in [0.717, 1.165) is 0 Å². The van der Waals surface area contributed by atoms with Crippen LogP contribution in [-0.2, 0) is 0 Å². The maximum absolute atomic E-state index is 11.4. The van der Waals surface area contributed by atoms with Crippen LogP contribution < -0.4 is 10.6 Å². The van der Waals surface area contributed by atoms with E-state index in [1.807, 2.05) is 0 Å². The number of carbonyl (C=O) groups is 1. The molecule has 0 fully saturated rings. The molecule has 2 aromatic rings. The summed E-state index contributed by atoms with van der Waals surface area (Å²) in [4.78, 5) is 15.5. The first-order valence-corrected chi connectivity index (χ1v) is 5.75. The average Bonchev–Trinajstić information content (AvgIpc) is 2.91. The molecule has 0 saturated carbocycles. The quantitative estimate of drug-likeness (QED) is 0.809. The standard InChI is InChI=1S/C10H11ClN6O/c11-3-4-12-10(18)16-8-1-2-9(13-5-8)17-6-14-15-7-17/h1-2,5-7H,3-4H2,(H2,12,16,18). The summed E-state index contributed by atoms with van der Waals surface area (Å²) in [5.41, 5.74) is 0.596. The summed E-state index contributed by atoms with van der Waals surface area (Å²) >= 11 is 5.46. The van der Waals surface area contributed by atoms with Gasteiger partial charge < -0.3 is 10.6 Å². The number of nitrogens with one attached hydrogen (secondary N) is 2. The molecule has 0 aliphatic rings. The number of aromatic nitrogens is 4. The lowest BCUT2D eigenvalue weighted by molar-refractivity contribution is 0.252. The van der Waals surface area contributed by atoms with Gasteiger partial charge in [-0.2, -0.15) is 0 Å². The summed E-state index contributed by atoms with van der Waals surface area (Å²) < 4.78 is 1.66. The molecular formula is C10H11ClN6O. The zero-order valence-electron chi connectivity index (χ0n) is 9.38. The van der Waals surface area contributed by atoms with Gasteiger partial charge in [0.15, 0.2) is 0 Å². The van der Waals surface area contributed by atoms with Crippen molar-refractivity contribution in [3.63, 3.8) is 0 Å². The summed E-state index contributed by atoms with van der Waals surface area (Å²) in [7, 11) is 0. The van der Waals surface area contributed by atoms with E-state index >= 15 is 0 Å². The Morgan fingerprint density at radius 2 is 2.11 bits per heavy atom. The number of hydrogen-bond donors (Lipinski definition) is 2. The van der Waals surface area contributed by atoms with Crippen molar-refractivity contribution in [2.75, 3.05) is 17.7 Å². The van der Waals surface area contributed by atoms with E-state index in [1.165, 1.54) is 0 Å². The van der Waals surface area contributed by atoms with Crippen molar-refractivity contribution in [2.24, 2.45) is 0 Å². The minimum atomic E-state index is -0.311. The number of halogens is 1. The lowest BCUT2D eigenvalue weighted by Crippen LogP contribution is -2.30. The normalized spacial score (nSPS) is 10.1. The predicted octanol–water partition coefficient (Wildman–Crippen LogP) is 1.02. The lowest BCUT2D eigenvalue weighted by atomic mass is 10.4. The van der Waals surface area contributed by atoms with Crippen LogP contribution in [0, 0.1) is 0 Å². The first-order chi connectivity index (χ1) is 8.79. The highest BCUT2D eigenvalue weighted by molar-refractivity contribution is 6.18. The van der Waals surface area contributed by atoms with Gasteiger partial charge in [-0.3, -0.25) is 4.57 Å². The third-order valence-electron chi connectivity index (χ3n) is 2.07. The van der Waals surface area contributed by atoms with Gasteiger partial charge in [0, 0.05) is 12.4 Å². The molecule has 2 heterocycles. The molecule has 0 saturated heterocycles. The highest BCUT2D eigenvalue weighted by Gasteiger charge is 2.02. The molecule has 0 atom stereocenters. The Labute approximate surface area is 108 Å². The van der Waals surface area contributed by atoms with E-state index in [2.05, 4.69) is 25.8 Å². The van der Waals surface area contributed by atoms with Crippen LogP contribution >= 0.6 is 11.6 Å². The van der Waals surface area contributed by atoms with Gasteiger partial charge in [0.05, 0.1) is 11.9 Å². The minimum absolute atomic E-state index is 0.311. The fourth-order valence-corrected chi connectivity index (χ4v) is 1.36. The van der Waals surface area contributed by atoms with Crippen LogP contribution in [0.5, 0.6) is 0 Å². The van der Waals surface area contributed by atoms with Crippen molar-refractivity contribution in [3.8, 4) is 5.82 Å². The first kappa shape index (κ1) is 12.3. The number of rotatable bonds is 4. The molecule has 2 N–H and O–H groups in total.